The van der Waals surface area contributed by atoms with Crippen LogP contribution in [-0.4, -0.2) is 18.3 Å². The highest BCUT2D eigenvalue weighted by Gasteiger charge is 2.25. The van der Waals surface area contributed by atoms with E-state index in [-0.39, 0.29) is 11.8 Å². The third kappa shape index (κ3) is 4.04. The highest BCUT2D eigenvalue weighted by atomic mass is 35.5. The molecule has 94 valence electrons. The van der Waals surface area contributed by atoms with Crippen molar-refractivity contribution in [3.05, 3.63) is 35.9 Å². The second-order valence-corrected chi connectivity index (χ2v) is 4.63. The normalized spacial score (nSPS) is 14.1. The molecule has 0 heterocycles. The second-order valence-electron chi connectivity index (χ2n) is 4.25. The average molecular weight is 254 g/mol. The molecule has 1 aromatic rings. The zero-order valence-corrected chi connectivity index (χ0v) is 11.2. The summed E-state index contributed by atoms with van der Waals surface area (Å²) in [7, 11) is 0. The van der Waals surface area contributed by atoms with Crippen LogP contribution < -0.4 is 5.32 Å². The number of amides is 1. The molecule has 1 N–H and O–H groups in total. The van der Waals surface area contributed by atoms with Gasteiger partial charge in [0.15, 0.2) is 0 Å². The van der Waals surface area contributed by atoms with Gasteiger partial charge in [-0.15, -0.1) is 11.6 Å². The first-order valence-corrected chi connectivity index (χ1v) is 6.62. The monoisotopic (exact) mass is 253 g/mol. The molecular formula is C14H20ClNO. The zero-order chi connectivity index (χ0) is 12.7. The Hall–Kier alpha value is -1.02. The van der Waals surface area contributed by atoms with Crippen LogP contribution in [0.5, 0.6) is 0 Å². The first-order valence-electron chi connectivity index (χ1n) is 6.09. The summed E-state index contributed by atoms with van der Waals surface area (Å²) < 4.78 is 0. The summed E-state index contributed by atoms with van der Waals surface area (Å²) in [6, 6.07) is 9.93. The number of halogens is 1. The molecule has 3 heteroatoms. The number of hydrogen-bond donors (Lipinski definition) is 1. The van der Waals surface area contributed by atoms with Crippen molar-refractivity contribution in [3.63, 3.8) is 0 Å². The minimum atomic E-state index is -0.0792. The summed E-state index contributed by atoms with van der Waals surface area (Å²) in [4.78, 5) is 12.1. The molecule has 0 fully saturated rings. The maximum atomic E-state index is 12.1. The molecule has 0 bridgehead atoms. The van der Waals surface area contributed by atoms with Crippen molar-refractivity contribution in [2.45, 2.75) is 26.2 Å². The Bertz CT molecular complexity index is 339. The van der Waals surface area contributed by atoms with E-state index < -0.39 is 0 Å². The van der Waals surface area contributed by atoms with Crippen LogP contribution in [-0.2, 0) is 4.79 Å². The van der Waals surface area contributed by atoms with Crippen molar-refractivity contribution in [1.82, 2.24) is 5.32 Å². The lowest BCUT2D eigenvalue weighted by Gasteiger charge is -2.22. The summed E-state index contributed by atoms with van der Waals surface area (Å²) >= 11 is 5.60. The summed E-state index contributed by atoms with van der Waals surface area (Å²) in [5.74, 6) is 0.775. The standard InChI is InChI=1S/C14H20ClNO/c1-3-11(2)13(14(17)16-10-9-15)12-7-5-4-6-8-12/h4-8,11,13H,3,9-10H2,1-2H3,(H,16,17). The fourth-order valence-corrected chi connectivity index (χ4v) is 2.01. The Kier molecular flexibility index (Phi) is 6.06. The molecule has 0 saturated carbocycles. The van der Waals surface area contributed by atoms with E-state index in [1.165, 1.54) is 0 Å². The van der Waals surface area contributed by atoms with Crippen LogP contribution in [0.15, 0.2) is 30.3 Å². The molecule has 0 aromatic heterocycles. The Labute approximate surface area is 108 Å². The van der Waals surface area contributed by atoms with E-state index in [2.05, 4.69) is 19.2 Å². The minimum absolute atomic E-state index is 0.0752. The van der Waals surface area contributed by atoms with E-state index in [1.807, 2.05) is 30.3 Å². The first-order chi connectivity index (χ1) is 8.20. The van der Waals surface area contributed by atoms with Gasteiger partial charge in [0.2, 0.25) is 5.91 Å². The number of rotatable bonds is 6. The van der Waals surface area contributed by atoms with Crippen molar-refractivity contribution in [1.29, 1.82) is 0 Å². The largest absolute Gasteiger partial charge is 0.354 e. The van der Waals surface area contributed by atoms with E-state index in [1.54, 1.807) is 0 Å². The van der Waals surface area contributed by atoms with Crippen molar-refractivity contribution in [3.8, 4) is 0 Å². The van der Waals surface area contributed by atoms with Crippen molar-refractivity contribution in [2.75, 3.05) is 12.4 Å². The van der Waals surface area contributed by atoms with Gasteiger partial charge in [0.25, 0.3) is 0 Å². The first kappa shape index (κ1) is 14.0. The Morgan fingerprint density at radius 3 is 2.53 bits per heavy atom. The summed E-state index contributed by atoms with van der Waals surface area (Å²) in [5, 5.41) is 2.88. The fourth-order valence-electron chi connectivity index (χ4n) is 1.91. The molecule has 17 heavy (non-hydrogen) atoms. The Morgan fingerprint density at radius 1 is 1.35 bits per heavy atom. The predicted octanol–water partition coefficient (Wildman–Crippen LogP) is 3.17. The predicted molar refractivity (Wildman–Crippen MR) is 72.4 cm³/mol. The number of hydrogen-bond acceptors (Lipinski definition) is 1. The topological polar surface area (TPSA) is 29.1 Å². The molecule has 2 unspecified atom stereocenters. The molecule has 0 aliphatic rings. The van der Waals surface area contributed by atoms with Gasteiger partial charge in [-0.3, -0.25) is 4.79 Å². The van der Waals surface area contributed by atoms with Gasteiger partial charge in [0.05, 0.1) is 5.92 Å². The van der Waals surface area contributed by atoms with Gasteiger partial charge in [0.1, 0.15) is 0 Å². The van der Waals surface area contributed by atoms with Crippen LogP contribution in [0.2, 0.25) is 0 Å². The van der Waals surface area contributed by atoms with Gasteiger partial charge in [-0.2, -0.15) is 0 Å². The van der Waals surface area contributed by atoms with E-state index in [4.69, 9.17) is 11.6 Å². The highest BCUT2D eigenvalue weighted by molar-refractivity contribution is 6.18. The van der Waals surface area contributed by atoms with E-state index >= 15 is 0 Å². The zero-order valence-electron chi connectivity index (χ0n) is 10.4. The number of carbonyl (C=O) groups excluding carboxylic acids is 1. The molecule has 0 radical (unpaired) electrons. The third-order valence-electron chi connectivity index (χ3n) is 3.05. The number of nitrogens with one attached hydrogen (secondary N) is 1. The van der Waals surface area contributed by atoms with Crippen LogP contribution in [0.4, 0.5) is 0 Å². The van der Waals surface area contributed by atoms with Crippen molar-refractivity contribution in [2.24, 2.45) is 5.92 Å². The number of benzene rings is 1. The third-order valence-corrected chi connectivity index (χ3v) is 3.24. The number of alkyl halides is 1. The van der Waals surface area contributed by atoms with Gasteiger partial charge in [-0.1, -0.05) is 50.6 Å². The molecule has 2 atom stereocenters. The molecule has 0 saturated heterocycles. The lowest BCUT2D eigenvalue weighted by Crippen LogP contribution is -2.33. The lowest BCUT2D eigenvalue weighted by molar-refractivity contribution is -0.123. The minimum Gasteiger partial charge on any atom is -0.354 e. The number of carbonyl (C=O) groups is 1. The van der Waals surface area contributed by atoms with Crippen LogP contribution in [0.3, 0.4) is 0 Å². The van der Waals surface area contributed by atoms with Gasteiger partial charge < -0.3 is 5.32 Å². The summed E-state index contributed by atoms with van der Waals surface area (Å²) in [6.07, 6.45) is 0.980. The molecule has 2 nitrogen and oxygen atoms in total. The van der Waals surface area contributed by atoms with E-state index in [0.29, 0.717) is 18.3 Å². The lowest BCUT2D eigenvalue weighted by atomic mass is 9.85. The van der Waals surface area contributed by atoms with Gasteiger partial charge >= 0.3 is 0 Å². The van der Waals surface area contributed by atoms with Crippen molar-refractivity contribution < 1.29 is 4.79 Å². The van der Waals surface area contributed by atoms with E-state index in [9.17, 15) is 4.79 Å². The van der Waals surface area contributed by atoms with Gasteiger partial charge in [0, 0.05) is 12.4 Å². The van der Waals surface area contributed by atoms with E-state index in [0.717, 1.165) is 12.0 Å². The fraction of sp³-hybridized carbons (Fsp3) is 0.500. The molecule has 0 spiro atoms. The summed E-state index contributed by atoms with van der Waals surface area (Å²) in [6.45, 7) is 4.74. The molecule has 1 rings (SSSR count). The SMILES string of the molecule is CCC(C)C(C(=O)NCCCl)c1ccccc1. The smallest absolute Gasteiger partial charge is 0.227 e. The van der Waals surface area contributed by atoms with Crippen molar-refractivity contribution >= 4 is 17.5 Å². The molecule has 0 aliphatic heterocycles. The Balaban J connectivity index is 2.85. The van der Waals surface area contributed by atoms with Crippen LogP contribution in [0, 0.1) is 5.92 Å². The molecule has 1 amide bonds. The van der Waals surface area contributed by atoms with Gasteiger partial charge in [-0.25, -0.2) is 0 Å². The van der Waals surface area contributed by atoms with Crippen LogP contribution >= 0.6 is 11.6 Å². The summed E-state index contributed by atoms with van der Waals surface area (Å²) in [5.41, 5.74) is 1.08. The maximum Gasteiger partial charge on any atom is 0.227 e. The quantitative estimate of drug-likeness (QED) is 0.776. The molecular weight excluding hydrogens is 234 g/mol. The van der Waals surface area contributed by atoms with Crippen LogP contribution in [0.1, 0.15) is 31.7 Å². The average Bonchev–Trinajstić information content (AvgIpc) is 2.37. The molecule has 0 aliphatic carbocycles. The van der Waals surface area contributed by atoms with Crippen LogP contribution in [0.25, 0.3) is 0 Å². The maximum absolute atomic E-state index is 12.1. The second kappa shape index (κ2) is 7.33. The highest BCUT2D eigenvalue weighted by Crippen LogP contribution is 2.26. The van der Waals surface area contributed by atoms with Gasteiger partial charge in [-0.05, 0) is 11.5 Å². The Morgan fingerprint density at radius 2 is 2.00 bits per heavy atom. The molecule has 1 aromatic carbocycles.